The number of hydrogen-bond donors (Lipinski definition) is 0. The van der Waals surface area contributed by atoms with Crippen LogP contribution in [0.5, 0.6) is 11.5 Å². The highest BCUT2D eigenvalue weighted by molar-refractivity contribution is 5.83. The lowest BCUT2D eigenvalue weighted by Crippen LogP contribution is -2.52. The Balaban J connectivity index is 1.33. The van der Waals surface area contributed by atoms with Crippen LogP contribution in [0.3, 0.4) is 0 Å². The molecule has 1 heterocycles. The second-order valence-electron chi connectivity index (χ2n) is 8.62. The van der Waals surface area contributed by atoms with E-state index in [1.807, 2.05) is 78.9 Å². The Morgan fingerprint density at radius 3 is 2.32 bits per heavy atom. The maximum atomic E-state index is 11.5. The number of amides is 1. The minimum atomic E-state index is -1.16. The van der Waals surface area contributed by atoms with Gasteiger partial charge in [-0.3, -0.25) is 0 Å². The van der Waals surface area contributed by atoms with Gasteiger partial charge in [0.1, 0.15) is 30.3 Å². The van der Waals surface area contributed by atoms with E-state index in [4.69, 9.17) is 9.47 Å². The van der Waals surface area contributed by atoms with Gasteiger partial charge in [-0.05, 0) is 52.6 Å². The summed E-state index contributed by atoms with van der Waals surface area (Å²) in [6.45, 7) is 1.21. The number of rotatable bonds is 6. The molecule has 5 rings (SSSR count). The van der Waals surface area contributed by atoms with Crippen molar-refractivity contribution in [1.29, 1.82) is 0 Å². The van der Waals surface area contributed by atoms with E-state index in [1.165, 1.54) is 4.90 Å². The van der Waals surface area contributed by atoms with E-state index in [9.17, 15) is 9.90 Å². The predicted octanol–water partition coefficient (Wildman–Crippen LogP) is 5.00. The first-order valence-corrected chi connectivity index (χ1v) is 11.5. The average Bonchev–Trinajstić information content (AvgIpc) is 2.88. The number of likely N-dealkylation sites (tertiary alicyclic amines) is 1. The summed E-state index contributed by atoms with van der Waals surface area (Å²) in [5.41, 5.74) is 2.22. The zero-order chi connectivity index (χ0) is 23.3. The summed E-state index contributed by atoms with van der Waals surface area (Å²) in [6.07, 6.45) is -0.810. The predicted molar refractivity (Wildman–Crippen MR) is 130 cm³/mol. The molecule has 0 aliphatic carbocycles. The SMILES string of the molecule is O=C([O-])N1CCC(c2ccc(OCc3ccccc3)cc2)C(Oc2ccc3ccccc3c2)C1. The number of hydrogen-bond acceptors (Lipinski definition) is 4. The van der Waals surface area contributed by atoms with E-state index >= 15 is 0 Å². The molecule has 1 aliphatic rings. The van der Waals surface area contributed by atoms with Gasteiger partial charge in [-0.1, -0.05) is 72.8 Å². The zero-order valence-corrected chi connectivity index (χ0v) is 18.8. The van der Waals surface area contributed by atoms with Gasteiger partial charge in [0.2, 0.25) is 0 Å². The molecule has 0 aromatic heterocycles. The Bertz CT molecular complexity index is 1260. The summed E-state index contributed by atoms with van der Waals surface area (Å²) in [5.74, 6) is 1.59. The second kappa shape index (κ2) is 9.87. The molecule has 4 aromatic carbocycles. The van der Waals surface area contributed by atoms with Gasteiger partial charge in [0, 0.05) is 12.5 Å². The number of carboxylic acid groups (broad SMARTS) is 1. The van der Waals surface area contributed by atoms with Crippen molar-refractivity contribution in [1.82, 2.24) is 4.90 Å². The lowest BCUT2D eigenvalue weighted by atomic mass is 9.87. The molecule has 1 saturated heterocycles. The van der Waals surface area contributed by atoms with E-state index < -0.39 is 6.09 Å². The van der Waals surface area contributed by atoms with E-state index in [1.54, 1.807) is 0 Å². The first-order chi connectivity index (χ1) is 16.7. The number of nitrogens with zero attached hydrogens (tertiary/aromatic N) is 1. The minimum absolute atomic E-state index is 0.0604. The average molecular weight is 453 g/mol. The molecule has 4 aromatic rings. The summed E-state index contributed by atoms with van der Waals surface area (Å²) >= 11 is 0. The molecule has 34 heavy (non-hydrogen) atoms. The van der Waals surface area contributed by atoms with Gasteiger partial charge in [-0.25, -0.2) is 0 Å². The van der Waals surface area contributed by atoms with Crippen LogP contribution in [0.1, 0.15) is 23.5 Å². The molecular weight excluding hydrogens is 426 g/mol. The maximum absolute atomic E-state index is 11.5. The summed E-state index contributed by atoms with van der Waals surface area (Å²) in [4.78, 5) is 12.9. The van der Waals surface area contributed by atoms with Gasteiger partial charge in [0.05, 0.1) is 6.54 Å². The zero-order valence-electron chi connectivity index (χ0n) is 18.8. The Morgan fingerprint density at radius 2 is 1.56 bits per heavy atom. The standard InChI is InChI=1S/C29H27NO4/c31-29(32)30-17-16-27(23-11-13-25(14-12-23)33-20-21-6-2-1-3-7-21)28(19-30)34-26-15-10-22-8-4-5-9-24(22)18-26/h1-15,18,27-28H,16-17,19-20H2,(H,31,32)/p-1. The molecule has 0 spiro atoms. The lowest BCUT2D eigenvalue weighted by molar-refractivity contribution is -0.267. The van der Waals surface area contributed by atoms with Crippen LogP contribution < -0.4 is 14.6 Å². The fourth-order valence-corrected chi connectivity index (χ4v) is 4.55. The van der Waals surface area contributed by atoms with Crippen molar-refractivity contribution in [3.05, 3.63) is 108 Å². The molecule has 5 nitrogen and oxygen atoms in total. The van der Waals surface area contributed by atoms with Crippen molar-refractivity contribution < 1.29 is 19.4 Å². The third-order valence-corrected chi connectivity index (χ3v) is 6.38. The van der Waals surface area contributed by atoms with Crippen molar-refractivity contribution in [3.8, 4) is 11.5 Å². The third kappa shape index (κ3) is 4.99. The van der Waals surface area contributed by atoms with E-state index in [0.29, 0.717) is 19.6 Å². The van der Waals surface area contributed by atoms with Crippen LogP contribution in [0.4, 0.5) is 4.79 Å². The van der Waals surface area contributed by atoms with Gasteiger partial charge >= 0.3 is 0 Å². The fraction of sp³-hybridized carbons (Fsp3) is 0.207. The van der Waals surface area contributed by atoms with Crippen molar-refractivity contribution >= 4 is 16.9 Å². The van der Waals surface area contributed by atoms with Crippen LogP contribution in [0.15, 0.2) is 97.1 Å². The van der Waals surface area contributed by atoms with E-state index in [-0.39, 0.29) is 18.6 Å². The monoisotopic (exact) mass is 452 g/mol. The number of ether oxygens (including phenoxy) is 2. The van der Waals surface area contributed by atoms with Gasteiger partial charge in [-0.15, -0.1) is 0 Å². The summed E-state index contributed by atoms with van der Waals surface area (Å²) < 4.78 is 12.3. The Kier molecular flexibility index (Phi) is 6.34. The molecule has 0 bridgehead atoms. The fourth-order valence-electron chi connectivity index (χ4n) is 4.55. The first-order valence-electron chi connectivity index (χ1n) is 11.5. The number of benzene rings is 4. The second-order valence-corrected chi connectivity index (χ2v) is 8.62. The normalized spacial score (nSPS) is 17.9. The van der Waals surface area contributed by atoms with E-state index in [2.05, 4.69) is 18.2 Å². The molecule has 1 amide bonds. The Hall–Kier alpha value is -3.99. The molecule has 5 heteroatoms. The van der Waals surface area contributed by atoms with Gasteiger partial charge in [0.25, 0.3) is 0 Å². The van der Waals surface area contributed by atoms with Crippen LogP contribution in [0.25, 0.3) is 10.8 Å². The number of fused-ring (bicyclic) bond motifs is 1. The third-order valence-electron chi connectivity index (χ3n) is 6.38. The lowest BCUT2D eigenvalue weighted by Gasteiger charge is -2.40. The topological polar surface area (TPSA) is 61.8 Å². The largest absolute Gasteiger partial charge is 0.530 e. The number of carbonyl (C=O) groups excluding carboxylic acids is 1. The Labute approximate surface area is 199 Å². The van der Waals surface area contributed by atoms with Gasteiger partial charge in [-0.2, -0.15) is 0 Å². The van der Waals surface area contributed by atoms with Crippen LogP contribution in [-0.2, 0) is 6.61 Å². The number of carbonyl (C=O) groups is 1. The molecule has 0 N–H and O–H groups in total. The van der Waals surface area contributed by atoms with E-state index in [0.717, 1.165) is 33.4 Å². The van der Waals surface area contributed by atoms with Gasteiger partial charge in [0.15, 0.2) is 0 Å². The van der Waals surface area contributed by atoms with Crippen LogP contribution in [0, 0.1) is 0 Å². The molecule has 1 aliphatic heterocycles. The molecule has 0 saturated carbocycles. The first kappa shape index (κ1) is 21.8. The molecular formula is C29H26NO4-. The molecule has 2 unspecified atom stereocenters. The highest BCUT2D eigenvalue weighted by Crippen LogP contribution is 2.33. The highest BCUT2D eigenvalue weighted by Gasteiger charge is 2.32. The molecule has 172 valence electrons. The molecule has 2 atom stereocenters. The maximum Gasteiger partial charge on any atom is 0.137 e. The summed E-state index contributed by atoms with van der Waals surface area (Å²) in [5, 5.41) is 13.8. The van der Waals surface area contributed by atoms with Crippen LogP contribution >= 0.6 is 0 Å². The van der Waals surface area contributed by atoms with Crippen LogP contribution in [-0.4, -0.2) is 30.2 Å². The quantitative estimate of drug-likeness (QED) is 0.413. The van der Waals surface area contributed by atoms with Crippen molar-refractivity contribution in [2.24, 2.45) is 0 Å². The van der Waals surface area contributed by atoms with Crippen molar-refractivity contribution in [2.45, 2.75) is 25.0 Å². The highest BCUT2D eigenvalue weighted by atomic mass is 16.5. The summed E-state index contributed by atoms with van der Waals surface area (Å²) in [6, 6.07) is 32.2. The smallest absolute Gasteiger partial charge is 0.137 e. The minimum Gasteiger partial charge on any atom is -0.530 e. The van der Waals surface area contributed by atoms with Gasteiger partial charge < -0.3 is 24.3 Å². The van der Waals surface area contributed by atoms with Crippen molar-refractivity contribution in [2.75, 3.05) is 13.1 Å². The number of piperidine rings is 1. The van der Waals surface area contributed by atoms with Crippen molar-refractivity contribution in [3.63, 3.8) is 0 Å². The molecule has 0 radical (unpaired) electrons. The molecule has 1 fully saturated rings. The van der Waals surface area contributed by atoms with Crippen LogP contribution in [0.2, 0.25) is 0 Å². The summed E-state index contributed by atoms with van der Waals surface area (Å²) in [7, 11) is 0. The Morgan fingerprint density at radius 1 is 0.853 bits per heavy atom.